The number of carbonyl (C=O) groups is 1. The number of carboxylic acids is 1. The number of unbranched alkanes of at least 4 members (excludes halogenated alkanes) is 3. The third kappa shape index (κ3) is 9.56. The zero-order valence-electron chi connectivity index (χ0n) is 15.9. The lowest BCUT2D eigenvalue weighted by atomic mass is 10.2. The van der Waals surface area contributed by atoms with Gasteiger partial charge in [-0.15, -0.1) is 0 Å². The smallest absolute Gasteiger partial charge is 0.124 e. The molecule has 0 aliphatic rings. The van der Waals surface area contributed by atoms with Crippen molar-refractivity contribution in [3.8, 4) is 5.75 Å². The second kappa shape index (κ2) is 12.8. The van der Waals surface area contributed by atoms with Crippen LogP contribution in [0.5, 0.6) is 5.75 Å². The van der Waals surface area contributed by atoms with Crippen molar-refractivity contribution >= 4 is 5.97 Å². The standard InChI is InChI=1S/C13H30N.C7H6O3/c1-5-8-11-14(4,12-9-6-2)13-10-7-3;8-6-4-2-1-3-5(6)7(9)10/h5-13H2,1-4H3;1-4,8H,(H,9,10)/q+1;/p-1. The van der Waals surface area contributed by atoms with E-state index in [1.807, 2.05) is 0 Å². The molecular weight excluding hydrogens is 302 g/mol. The molecule has 0 amide bonds. The number of quaternary nitrogens is 1. The highest BCUT2D eigenvalue weighted by Crippen LogP contribution is 2.13. The molecule has 0 spiro atoms. The lowest BCUT2D eigenvalue weighted by molar-refractivity contribution is -0.910. The monoisotopic (exact) mass is 337 g/mol. The molecule has 138 valence electrons. The van der Waals surface area contributed by atoms with E-state index in [0.717, 1.165) is 0 Å². The molecule has 0 aliphatic carbocycles. The second-order valence-electron chi connectivity index (χ2n) is 6.66. The van der Waals surface area contributed by atoms with Crippen LogP contribution >= 0.6 is 0 Å². The first-order chi connectivity index (χ1) is 11.4. The third-order valence-corrected chi connectivity index (χ3v) is 4.28. The van der Waals surface area contributed by atoms with Crippen LogP contribution in [0.15, 0.2) is 24.3 Å². The summed E-state index contributed by atoms with van der Waals surface area (Å²) in [6.45, 7) is 11.0. The van der Waals surface area contributed by atoms with E-state index in [2.05, 4.69) is 27.8 Å². The van der Waals surface area contributed by atoms with E-state index in [-0.39, 0.29) is 11.3 Å². The molecule has 0 aromatic heterocycles. The molecule has 0 saturated carbocycles. The molecule has 0 radical (unpaired) electrons. The lowest BCUT2D eigenvalue weighted by Crippen LogP contribution is -2.46. The van der Waals surface area contributed by atoms with Gasteiger partial charge in [-0.2, -0.15) is 0 Å². The van der Waals surface area contributed by atoms with Crippen molar-refractivity contribution in [1.29, 1.82) is 0 Å². The van der Waals surface area contributed by atoms with Gasteiger partial charge in [-0.3, -0.25) is 0 Å². The zero-order valence-corrected chi connectivity index (χ0v) is 15.9. The fraction of sp³-hybridized carbons (Fsp3) is 0.650. The Balaban J connectivity index is 0.000000463. The van der Waals surface area contributed by atoms with Crippen LogP contribution in [0.25, 0.3) is 0 Å². The van der Waals surface area contributed by atoms with Gasteiger partial charge in [0.15, 0.2) is 0 Å². The van der Waals surface area contributed by atoms with Crippen molar-refractivity contribution in [3.05, 3.63) is 29.8 Å². The molecule has 1 aromatic rings. The number of hydrogen-bond donors (Lipinski definition) is 1. The Kier molecular flexibility index (Phi) is 12.0. The molecule has 0 unspecified atom stereocenters. The number of hydrogen-bond acceptors (Lipinski definition) is 3. The highest BCUT2D eigenvalue weighted by Gasteiger charge is 2.18. The predicted molar refractivity (Wildman–Crippen MR) is 97.9 cm³/mol. The van der Waals surface area contributed by atoms with E-state index >= 15 is 0 Å². The van der Waals surface area contributed by atoms with Crippen LogP contribution < -0.4 is 5.11 Å². The minimum absolute atomic E-state index is 0.178. The Morgan fingerprint density at radius 2 is 1.38 bits per heavy atom. The lowest BCUT2D eigenvalue weighted by Gasteiger charge is -2.34. The van der Waals surface area contributed by atoms with Crippen LogP contribution in [0.1, 0.15) is 69.7 Å². The number of para-hydroxylation sites is 1. The molecule has 0 fully saturated rings. The van der Waals surface area contributed by atoms with E-state index < -0.39 is 5.97 Å². The highest BCUT2D eigenvalue weighted by atomic mass is 16.4. The molecule has 0 heterocycles. The number of rotatable bonds is 10. The molecule has 0 aliphatic heterocycles. The van der Waals surface area contributed by atoms with E-state index in [1.165, 1.54) is 80.8 Å². The predicted octanol–water partition coefficient (Wildman–Crippen LogP) is 3.59. The van der Waals surface area contributed by atoms with Gasteiger partial charge < -0.3 is 19.5 Å². The number of aromatic carboxylic acids is 1. The minimum atomic E-state index is -1.36. The number of benzene rings is 1. The molecular formula is C20H35NO3. The van der Waals surface area contributed by atoms with Gasteiger partial charge in [0, 0.05) is 5.56 Å². The average Bonchev–Trinajstić information content (AvgIpc) is 2.57. The van der Waals surface area contributed by atoms with Gasteiger partial charge in [0.1, 0.15) is 5.75 Å². The van der Waals surface area contributed by atoms with E-state index in [4.69, 9.17) is 5.11 Å². The van der Waals surface area contributed by atoms with Gasteiger partial charge in [0.05, 0.1) is 32.7 Å². The summed E-state index contributed by atoms with van der Waals surface area (Å²) in [4.78, 5) is 10.2. The summed E-state index contributed by atoms with van der Waals surface area (Å²) in [5, 5.41) is 19.0. The molecule has 4 heteroatoms. The number of phenols is 1. The zero-order chi connectivity index (χ0) is 18.4. The van der Waals surface area contributed by atoms with Crippen LogP contribution in [-0.2, 0) is 0 Å². The van der Waals surface area contributed by atoms with Crippen molar-refractivity contribution < 1.29 is 19.5 Å². The van der Waals surface area contributed by atoms with E-state index in [1.54, 1.807) is 6.07 Å². The summed E-state index contributed by atoms with van der Waals surface area (Å²) in [7, 11) is 2.45. The Bertz CT molecular complexity index is 438. The molecule has 0 atom stereocenters. The van der Waals surface area contributed by atoms with Crippen LogP contribution in [-0.4, -0.2) is 42.2 Å². The Hall–Kier alpha value is -1.55. The Morgan fingerprint density at radius 1 is 0.958 bits per heavy atom. The minimum Gasteiger partial charge on any atom is -0.545 e. The highest BCUT2D eigenvalue weighted by molar-refractivity contribution is 5.88. The van der Waals surface area contributed by atoms with Crippen LogP contribution in [0, 0.1) is 0 Å². The number of carboxylic acid groups (broad SMARTS) is 1. The first kappa shape index (κ1) is 22.4. The van der Waals surface area contributed by atoms with Gasteiger partial charge in [-0.05, 0) is 31.4 Å². The van der Waals surface area contributed by atoms with Gasteiger partial charge in [-0.25, -0.2) is 0 Å². The third-order valence-electron chi connectivity index (χ3n) is 4.28. The van der Waals surface area contributed by atoms with Gasteiger partial charge >= 0.3 is 0 Å². The molecule has 4 nitrogen and oxygen atoms in total. The van der Waals surface area contributed by atoms with E-state index in [0.29, 0.717) is 0 Å². The fourth-order valence-corrected chi connectivity index (χ4v) is 2.60. The molecule has 24 heavy (non-hydrogen) atoms. The number of aromatic hydroxyl groups is 1. The van der Waals surface area contributed by atoms with E-state index in [9.17, 15) is 9.90 Å². The summed E-state index contributed by atoms with van der Waals surface area (Å²) in [6, 6.07) is 5.64. The first-order valence-electron chi connectivity index (χ1n) is 9.23. The molecule has 1 rings (SSSR count). The normalized spacial score (nSPS) is 10.8. The molecule has 1 aromatic carbocycles. The average molecular weight is 338 g/mol. The number of nitrogens with zero attached hydrogens (tertiary/aromatic N) is 1. The Morgan fingerprint density at radius 3 is 1.67 bits per heavy atom. The van der Waals surface area contributed by atoms with Crippen LogP contribution in [0.3, 0.4) is 0 Å². The van der Waals surface area contributed by atoms with Gasteiger partial charge in [-0.1, -0.05) is 52.2 Å². The fourth-order valence-electron chi connectivity index (χ4n) is 2.60. The molecule has 1 N–H and O–H groups in total. The quantitative estimate of drug-likeness (QED) is 0.664. The van der Waals surface area contributed by atoms with Crippen molar-refractivity contribution in [3.63, 3.8) is 0 Å². The summed E-state index contributed by atoms with van der Waals surface area (Å²) >= 11 is 0. The summed E-state index contributed by atoms with van der Waals surface area (Å²) < 4.78 is 1.32. The largest absolute Gasteiger partial charge is 0.545 e. The maximum Gasteiger partial charge on any atom is 0.124 e. The summed E-state index contributed by atoms with van der Waals surface area (Å²) in [5.41, 5.74) is -0.178. The van der Waals surface area contributed by atoms with Crippen molar-refractivity contribution in [2.45, 2.75) is 59.3 Å². The molecule has 0 bridgehead atoms. The van der Waals surface area contributed by atoms with Crippen LogP contribution in [0.4, 0.5) is 0 Å². The Labute approximate surface area is 147 Å². The van der Waals surface area contributed by atoms with Crippen molar-refractivity contribution in [1.82, 2.24) is 0 Å². The van der Waals surface area contributed by atoms with Gasteiger partial charge in [0.25, 0.3) is 0 Å². The topological polar surface area (TPSA) is 60.4 Å². The van der Waals surface area contributed by atoms with Crippen molar-refractivity contribution in [2.75, 3.05) is 26.7 Å². The molecule has 0 saturated heterocycles. The second-order valence-corrected chi connectivity index (χ2v) is 6.66. The summed E-state index contributed by atoms with van der Waals surface area (Å²) in [6.07, 6.45) is 8.20. The van der Waals surface area contributed by atoms with Crippen LogP contribution in [0.2, 0.25) is 0 Å². The van der Waals surface area contributed by atoms with Crippen molar-refractivity contribution in [2.24, 2.45) is 0 Å². The SMILES string of the molecule is CCCC[N+](C)(CCCC)CCCC.O=C([O-])c1ccccc1O. The summed E-state index contributed by atoms with van der Waals surface area (Å²) in [5.74, 6) is -1.62. The maximum atomic E-state index is 10.2. The number of carbonyl (C=O) groups excluding carboxylic acids is 1. The maximum absolute atomic E-state index is 10.2. The van der Waals surface area contributed by atoms with Gasteiger partial charge in [0.2, 0.25) is 0 Å². The first-order valence-corrected chi connectivity index (χ1v) is 9.23.